The Kier molecular flexibility index (Phi) is 3.96. The van der Waals surface area contributed by atoms with Gasteiger partial charge in [-0.15, -0.1) is 0 Å². The molecule has 4 heteroatoms. The van der Waals surface area contributed by atoms with Gasteiger partial charge in [-0.1, -0.05) is 30.3 Å². The SMILES string of the molecule is C[N+]1(c2ccc(C(=O)c3ccccc3)cc2N)CCNCC1. The molecule has 1 heterocycles. The van der Waals surface area contributed by atoms with Crippen molar-refractivity contribution in [1.82, 2.24) is 9.80 Å². The molecule has 0 aliphatic carbocycles. The van der Waals surface area contributed by atoms with E-state index >= 15 is 0 Å². The average Bonchev–Trinajstić information content (AvgIpc) is 2.55. The number of anilines is 1. The number of piperazine rings is 1. The van der Waals surface area contributed by atoms with Crippen LogP contribution in [0.25, 0.3) is 0 Å². The molecule has 1 aliphatic rings. The Labute approximate surface area is 131 Å². The molecule has 3 rings (SSSR count). The van der Waals surface area contributed by atoms with Crippen molar-refractivity contribution in [1.29, 1.82) is 0 Å². The highest BCUT2D eigenvalue weighted by Gasteiger charge is 2.29. The molecule has 0 unspecified atom stereocenters. The van der Waals surface area contributed by atoms with E-state index < -0.39 is 0 Å². The first-order chi connectivity index (χ1) is 10.6. The highest BCUT2D eigenvalue weighted by atomic mass is 16.1. The van der Waals surface area contributed by atoms with Gasteiger partial charge in [-0.05, 0) is 12.1 Å². The normalized spacial score (nSPS) is 17.1. The van der Waals surface area contributed by atoms with Crippen LogP contribution in [0.1, 0.15) is 15.9 Å². The van der Waals surface area contributed by atoms with E-state index in [-0.39, 0.29) is 5.78 Å². The second-order valence-corrected chi connectivity index (χ2v) is 6.06. The third-order valence-corrected chi connectivity index (χ3v) is 4.47. The van der Waals surface area contributed by atoms with Gasteiger partial charge in [-0.3, -0.25) is 9.28 Å². The summed E-state index contributed by atoms with van der Waals surface area (Å²) in [4.78, 5) is 12.5. The maximum Gasteiger partial charge on any atom is 0.193 e. The van der Waals surface area contributed by atoms with E-state index in [9.17, 15) is 4.79 Å². The van der Waals surface area contributed by atoms with Gasteiger partial charge in [-0.2, -0.15) is 0 Å². The fourth-order valence-corrected chi connectivity index (χ4v) is 3.07. The number of hydrogen-bond acceptors (Lipinski definition) is 3. The first-order valence-corrected chi connectivity index (χ1v) is 7.65. The van der Waals surface area contributed by atoms with Crippen molar-refractivity contribution in [2.45, 2.75) is 0 Å². The lowest BCUT2D eigenvalue weighted by Crippen LogP contribution is -2.57. The number of quaternary nitrogens is 1. The summed E-state index contributed by atoms with van der Waals surface area (Å²) in [5, 5.41) is 3.37. The summed E-state index contributed by atoms with van der Waals surface area (Å²) >= 11 is 0. The molecule has 0 amide bonds. The Bertz CT molecular complexity index is 676. The molecule has 1 aliphatic heterocycles. The molecular weight excluding hydrogens is 274 g/mol. The monoisotopic (exact) mass is 296 g/mol. The molecule has 22 heavy (non-hydrogen) atoms. The Balaban J connectivity index is 1.91. The molecule has 1 saturated heterocycles. The lowest BCUT2D eigenvalue weighted by atomic mass is 10.0. The van der Waals surface area contributed by atoms with Crippen LogP contribution in [0, 0.1) is 0 Å². The van der Waals surface area contributed by atoms with Crippen molar-refractivity contribution in [3.8, 4) is 0 Å². The Morgan fingerprint density at radius 1 is 1.05 bits per heavy atom. The standard InChI is InChI=1S/C18H22N3O/c1-21(11-9-20-10-12-21)17-8-7-15(13-16(17)19)18(22)14-5-3-2-4-6-14/h2-8,13,20H,9-12,19H2,1H3/q+1. The average molecular weight is 296 g/mol. The number of carbonyl (C=O) groups is 1. The van der Waals surface area contributed by atoms with Crippen molar-refractivity contribution < 1.29 is 4.79 Å². The number of ketones is 1. The van der Waals surface area contributed by atoms with Crippen molar-refractivity contribution in [2.75, 3.05) is 39.0 Å². The van der Waals surface area contributed by atoms with Gasteiger partial charge in [0.15, 0.2) is 11.5 Å². The zero-order valence-electron chi connectivity index (χ0n) is 12.9. The minimum atomic E-state index is 0.0156. The third-order valence-electron chi connectivity index (χ3n) is 4.47. The molecule has 0 radical (unpaired) electrons. The van der Waals surface area contributed by atoms with Crippen molar-refractivity contribution >= 4 is 17.2 Å². The summed E-state index contributed by atoms with van der Waals surface area (Å²) in [5.41, 5.74) is 9.41. The van der Waals surface area contributed by atoms with Crippen LogP contribution in [-0.2, 0) is 0 Å². The highest BCUT2D eigenvalue weighted by Crippen LogP contribution is 2.30. The Hall–Kier alpha value is -2.17. The van der Waals surface area contributed by atoms with Crippen LogP contribution < -0.4 is 15.5 Å². The molecule has 1 fully saturated rings. The number of nitrogens with two attached hydrogens (primary N) is 1. The lowest BCUT2D eigenvalue weighted by molar-refractivity contribution is 0.103. The predicted octanol–water partition coefficient (Wildman–Crippen LogP) is 2.04. The molecule has 2 aromatic rings. The summed E-state index contributed by atoms with van der Waals surface area (Å²) < 4.78 is 0.818. The quantitative estimate of drug-likeness (QED) is 0.518. The molecule has 114 valence electrons. The minimum absolute atomic E-state index is 0.0156. The Morgan fingerprint density at radius 3 is 2.36 bits per heavy atom. The number of carbonyl (C=O) groups excluding carboxylic acids is 1. The summed E-state index contributed by atoms with van der Waals surface area (Å²) in [6.07, 6.45) is 0. The van der Waals surface area contributed by atoms with E-state index in [1.807, 2.05) is 48.5 Å². The molecule has 0 saturated carbocycles. The van der Waals surface area contributed by atoms with Crippen LogP contribution >= 0.6 is 0 Å². The maximum atomic E-state index is 12.5. The second kappa shape index (κ2) is 5.91. The largest absolute Gasteiger partial charge is 0.394 e. The van der Waals surface area contributed by atoms with Crippen LogP contribution in [-0.4, -0.2) is 39.0 Å². The van der Waals surface area contributed by atoms with Gasteiger partial charge >= 0.3 is 0 Å². The molecule has 0 bridgehead atoms. The van der Waals surface area contributed by atoms with Crippen LogP contribution in [0.5, 0.6) is 0 Å². The topological polar surface area (TPSA) is 55.1 Å². The Morgan fingerprint density at radius 2 is 1.73 bits per heavy atom. The summed E-state index contributed by atoms with van der Waals surface area (Å²) in [6.45, 7) is 3.99. The molecule has 0 atom stereocenters. The number of nitrogens with zero attached hydrogens (tertiary/aromatic N) is 1. The van der Waals surface area contributed by atoms with Crippen LogP contribution in [0.2, 0.25) is 0 Å². The molecule has 2 aromatic carbocycles. The van der Waals surface area contributed by atoms with Gasteiger partial charge < -0.3 is 11.1 Å². The summed E-state index contributed by atoms with van der Waals surface area (Å²) in [6, 6.07) is 15.0. The molecule has 3 N–H and O–H groups in total. The van der Waals surface area contributed by atoms with Gasteiger partial charge in [0.1, 0.15) is 0 Å². The molecular formula is C18H22N3O+. The van der Waals surface area contributed by atoms with E-state index in [0.717, 1.165) is 36.3 Å². The number of benzene rings is 2. The number of nitrogens with one attached hydrogen (secondary N) is 1. The number of likely N-dealkylation sites (N-methyl/N-ethyl adjacent to an activating group) is 1. The molecule has 4 nitrogen and oxygen atoms in total. The van der Waals surface area contributed by atoms with Crippen molar-refractivity contribution in [2.24, 2.45) is 0 Å². The maximum absolute atomic E-state index is 12.5. The van der Waals surface area contributed by atoms with E-state index in [1.165, 1.54) is 0 Å². The van der Waals surface area contributed by atoms with E-state index in [4.69, 9.17) is 5.73 Å². The molecule has 0 spiro atoms. The van der Waals surface area contributed by atoms with Crippen LogP contribution in [0.3, 0.4) is 0 Å². The third kappa shape index (κ3) is 2.75. The summed E-state index contributed by atoms with van der Waals surface area (Å²) in [5.74, 6) is 0.0156. The van der Waals surface area contributed by atoms with Gasteiger partial charge in [0.25, 0.3) is 0 Å². The number of nitrogen functional groups attached to an aromatic ring is 1. The van der Waals surface area contributed by atoms with Crippen molar-refractivity contribution in [3.05, 3.63) is 59.7 Å². The first kappa shape index (κ1) is 14.8. The van der Waals surface area contributed by atoms with Gasteiger partial charge in [0.2, 0.25) is 0 Å². The zero-order valence-corrected chi connectivity index (χ0v) is 12.9. The molecule has 0 aromatic heterocycles. The van der Waals surface area contributed by atoms with E-state index in [2.05, 4.69) is 12.4 Å². The van der Waals surface area contributed by atoms with Gasteiger partial charge in [-0.25, -0.2) is 0 Å². The summed E-state index contributed by atoms with van der Waals surface area (Å²) in [7, 11) is 2.20. The van der Waals surface area contributed by atoms with E-state index in [0.29, 0.717) is 16.8 Å². The highest BCUT2D eigenvalue weighted by molar-refractivity contribution is 6.09. The predicted molar refractivity (Wildman–Crippen MR) is 91.1 cm³/mol. The lowest BCUT2D eigenvalue weighted by Gasteiger charge is -2.38. The first-order valence-electron chi connectivity index (χ1n) is 7.65. The fraction of sp³-hybridized carbons (Fsp3) is 0.278. The number of rotatable bonds is 3. The van der Waals surface area contributed by atoms with Crippen LogP contribution in [0.4, 0.5) is 11.4 Å². The van der Waals surface area contributed by atoms with E-state index in [1.54, 1.807) is 0 Å². The minimum Gasteiger partial charge on any atom is -0.394 e. The fourth-order valence-electron chi connectivity index (χ4n) is 3.07. The van der Waals surface area contributed by atoms with Crippen LogP contribution in [0.15, 0.2) is 48.5 Å². The van der Waals surface area contributed by atoms with Gasteiger partial charge in [0.05, 0.1) is 25.8 Å². The van der Waals surface area contributed by atoms with Crippen molar-refractivity contribution in [3.63, 3.8) is 0 Å². The zero-order chi connectivity index (χ0) is 15.6. The second-order valence-electron chi connectivity index (χ2n) is 6.06. The smallest absolute Gasteiger partial charge is 0.193 e. The number of hydrogen-bond donors (Lipinski definition) is 2. The van der Waals surface area contributed by atoms with Gasteiger partial charge in [0, 0.05) is 30.3 Å².